The van der Waals surface area contributed by atoms with Crippen molar-refractivity contribution in [3.8, 4) is 11.5 Å². The van der Waals surface area contributed by atoms with Crippen molar-refractivity contribution < 1.29 is 24.5 Å². The molecule has 0 spiro atoms. The predicted molar refractivity (Wildman–Crippen MR) is 61.7 cm³/mol. The Morgan fingerprint density at radius 2 is 2.18 bits per heavy atom. The quantitative estimate of drug-likeness (QED) is 0.786. The van der Waals surface area contributed by atoms with Gasteiger partial charge in [0.1, 0.15) is 5.56 Å². The minimum absolute atomic E-state index is 0.0163. The summed E-state index contributed by atoms with van der Waals surface area (Å²) in [5, 5.41) is 17.9. The number of carboxylic acid groups (broad SMARTS) is 1. The lowest BCUT2D eigenvalue weighted by Crippen LogP contribution is -2.14. The molecule has 1 unspecified atom stereocenters. The minimum atomic E-state index is -1.07. The fourth-order valence-corrected chi connectivity index (χ4v) is 1.27. The number of ether oxygens (including phenoxy) is 2. The van der Waals surface area contributed by atoms with Gasteiger partial charge in [-0.25, -0.2) is 4.79 Å². The SMILES string of the molecule is COc1cccc(C(=O)O)c1OCC(C)CO. The first kappa shape index (κ1) is 13.3. The summed E-state index contributed by atoms with van der Waals surface area (Å²) < 4.78 is 10.5. The summed E-state index contributed by atoms with van der Waals surface area (Å²) in [7, 11) is 1.45. The molecular weight excluding hydrogens is 224 g/mol. The lowest BCUT2D eigenvalue weighted by atomic mass is 10.2. The van der Waals surface area contributed by atoms with Crippen LogP contribution in [0.25, 0.3) is 0 Å². The molecule has 1 atom stereocenters. The van der Waals surface area contributed by atoms with E-state index in [0.717, 1.165) is 0 Å². The molecule has 0 heterocycles. The van der Waals surface area contributed by atoms with Crippen LogP contribution in [-0.4, -0.2) is 36.5 Å². The van der Waals surface area contributed by atoms with E-state index in [1.165, 1.54) is 13.2 Å². The Morgan fingerprint density at radius 1 is 1.47 bits per heavy atom. The first-order chi connectivity index (χ1) is 8.10. The first-order valence-electron chi connectivity index (χ1n) is 5.24. The fourth-order valence-electron chi connectivity index (χ4n) is 1.27. The molecule has 5 nitrogen and oxygen atoms in total. The van der Waals surface area contributed by atoms with Gasteiger partial charge >= 0.3 is 5.97 Å². The van der Waals surface area contributed by atoms with Crippen molar-refractivity contribution in [2.45, 2.75) is 6.92 Å². The van der Waals surface area contributed by atoms with Crippen LogP contribution >= 0.6 is 0 Å². The summed E-state index contributed by atoms with van der Waals surface area (Å²) in [6.45, 7) is 2.02. The smallest absolute Gasteiger partial charge is 0.339 e. The second-order valence-corrected chi connectivity index (χ2v) is 3.74. The van der Waals surface area contributed by atoms with Crippen LogP contribution in [-0.2, 0) is 0 Å². The monoisotopic (exact) mass is 240 g/mol. The molecule has 0 aliphatic heterocycles. The lowest BCUT2D eigenvalue weighted by molar-refractivity contribution is 0.0689. The predicted octanol–water partition coefficient (Wildman–Crippen LogP) is 1.40. The number of hydrogen-bond acceptors (Lipinski definition) is 4. The highest BCUT2D eigenvalue weighted by Crippen LogP contribution is 2.31. The van der Waals surface area contributed by atoms with Crippen LogP contribution < -0.4 is 9.47 Å². The van der Waals surface area contributed by atoms with Crippen LogP contribution in [0.1, 0.15) is 17.3 Å². The van der Waals surface area contributed by atoms with Gasteiger partial charge in [0.2, 0.25) is 0 Å². The van der Waals surface area contributed by atoms with Gasteiger partial charge in [-0.05, 0) is 12.1 Å². The minimum Gasteiger partial charge on any atom is -0.493 e. The molecule has 1 rings (SSSR count). The second-order valence-electron chi connectivity index (χ2n) is 3.74. The number of aromatic carboxylic acids is 1. The van der Waals surface area contributed by atoms with Crippen molar-refractivity contribution in [1.29, 1.82) is 0 Å². The highest BCUT2D eigenvalue weighted by Gasteiger charge is 2.16. The first-order valence-corrected chi connectivity index (χ1v) is 5.24. The van der Waals surface area contributed by atoms with Crippen LogP contribution in [0.5, 0.6) is 11.5 Å². The van der Waals surface area contributed by atoms with Gasteiger partial charge in [-0.3, -0.25) is 0 Å². The number of hydrogen-bond donors (Lipinski definition) is 2. The van der Waals surface area contributed by atoms with Gasteiger partial charge in [-0.1, -0.05) is 13.0 Å². The molecule has 5 heteroatoms. The number of carboxylic acids is 1. The molecule has 0 bridgehead atoms. The largest absolute Gasteiger partial charge is 0.493 e. The normalized spacial score (nSPS) is 11.9. The summed E-state index contributed by atoms with van der Waals surface area (Å²) in [5.41, 5.74) is 0.0505. The Labute approximate surface area is 99.6 Å². The topological polar surface area (TPSA) is 76.0 Å². The Kier molecular flexibility index (Phi) is 4.78. The van der Waals surface area contributed by atoms with Crippen LogP contribution in [0.15, 0.2) is 18.2 Å². The van der Waals surface area contributed by atoms with Crippen LogP contribution in [0.2, 0.25) is 0 Å². The zero-order valence-electron chi connectivity index (χ0n) is 9.84. The molecule has 0 amide bonds. The van der Waals surface area contributed by atoms with Crippen LogP contribution in [0, 0.1) is 5.92 Å². The number of carbonyl (C=O) groups is 1. The average molecular weight is 240 g/mol. The summed E-state index contributed by atoms with van der Waals surface area (Å²) in [6, 6.07) is 4.67. The maximum atomic E-state index is 11.0. The van der Waals surface area contributed by atoms with Crippen molar-refractivity contribution in [2.24, 2.45) is 5.92 Å². The third kappa shape index (κ3) is 3.35. The van der Waals surface area contributed by atoms with E-state index in [2.05, 4.69) is 0 Å². The third-order valence-electron chi connectivity index (χ3n) is 2.25. The van der Waals surface area contributed by atoms with E-state index in [-0.39, 0.29) is 30.4 Å². The van der Waals surface area contributed by atoms with Crippen LogP contribution in [0.4, 0.5) is 0 Å². The second kappa shape index (κ2) is 6.10. The fraction of sp³-hybridized carbons (Fsp3) is 0.417. The van der Waals surface area contributed by atoms with Crippen molar-refractivity contribution in [2.75, 3.05) is 20.3 Å². The van der Waals surface area contributed by atoms with Gasteiger partial charge in [0.15, 0.2) is 11.5 Å². The van der Waals surface area contributed by atoms with E-state index in [1.54, 1.807) is 19.1 Å². The van der Waals surface area contributed by atoms with Crippen LogP contribution in [0.3, 0.4) is 0 Å². The van der Waals surface area contributed by atoms with Gasteiger partial charge in [-0.2, -0.15) is 0 Å². The molecular formula is C12H16O5. The zero-order valence-corrected chi connectivity index (χ0v) is 9.84. The molecule has 0 fully saturated rings. The van der Waals surface area contributed by atoms with E-state index >= 15 is 0 Å². The zero-order chi connectivity index (χ0) is 12.8. The van der Waals surface area contributed by atoms with Gasteiger partial charge in [0, 0.05) is 12.5 Å². The van der Waals surface area contributed by atoms with E-state index in [0.29, 0.717) is 5.75 Å². The van der Waals surface area contributed by atoms with Gasteiger partial charge in [0.25, 0.3) is 0 Å². The van der Waals surface area contributed by atoms with E-state index in [4.69, 9.17) is 19.7 Å². The number of benzene rings is 1. The molecule has 0 saturated heterocycles. The number of rotatable bonds is 6. The maximum Gasteiger partial charge on any atom is 0.339 e. The van der Waals surface area contributed by atoms with Crippen molar-refractivity contribution >= 4 is 5.97 Å². The highest BCUT2D eigenvalue weighted by atomic mass is 16.5. The Morgan fingerprint density at radius 3 is 2.71 bits per heavy atom. The Balaban J connectivity index is 2.97. The van der Waals surface area contributed by atoms with Crippen molar-refractivity contribution in [3.63, 3.8) is 0 Å². The summed E-state index contributed by atoms with van der Waals surface area (Å²) in [5.74, 6) is -0.574. The Bertz CT molecular complexity index is 388. The van der Waals surface area contributed by atoms with Gasteiger partial charge in [0.05, 0.1) is 13.7 Å². The van der Waals surface area contributed by atoms with Crippen molar-refractivity contribution in [1.82, 2.24) is 0 Å². The number of para-hydroxylation sites is 1. The van der Waals surface area contributed by atoms with E-state index in [9.17, 15) is 4.79 Å². The van der Waals surface area contributed by atoms with E-state index < -0.39 is 5.97 Å². The molecule has 0 aliphatic carbocycles. The third-order valence-corrected chi connectivity index (χ3v) is 2.25. The average Bonchev–Trinajstić information content (AvgIpc) is 2.35. The van der Waals surface area contributed by atoms with E-state index in [1.807, 2.05) is 0 Å². The maximum absolute atomic E-state index is 11.0. The summed E-state index contributed by atoms with van der Waals surface area (Å²) in [6.07, 6.45) is 0. The molecule has 0 radical (unpaired) electrons. The van der Waals surface area contributed by atoms with Gasteiger partial charge < -0.3 is 19.7 Å². The summed E-state index contributed by atoms with van der Waals surface area (Å²) >= 11 is 0. The summed E-state index contributed by atoms with van der Waals surface area (Å²) in [4.78, 5) is 11.0. The standard InChI is InChI=1S/C12H16O5/c1-8(6-13)7-17-11-9(12(14)15)4-3-5-10(11)16-2/h3-5,8,13H,6-7H2,1-2H3,(H,14,15). The molecule has 1 aromatic carbocycles. The number of aliphatic hydroxyl groups is 1. The van der Waals surface area contributed by atoms with Crippen molar-refractivity contribution in [3.05, 3.63) is 23.8 Å². The molecule has 2 N–H and O–H groups in total. The van der Waals surface area contributed by atoms with Gasteiger partial charge in [-0.15, -0.1) is 0 Å². The molecule has 0 saturated carbocycles. The number of aliphatic hydroxyl groups excluding tert-OH is 1. The molecule has 0 aliphatic rings. The molecule has 0 aromatic heterocycles. The number of methoxy groups -OCH3 is 1. The molecule has 1 aromatic rings. The lowest BCUT2D eigenvalue weighted by Gasteiger charge is -2.15. The molecule has 94 valence electrons. The molecule has 17 heavy (non-hydrogen) atoms. The highest BCUT2D eigenvalue weighted by molar-refractivity contribution is 5.92. The Hall–Kier alpha value is -1.75.